The van der Waals surface area contributed by atoms with Gasteiger partial charge in [0.05, 0.1) is 12.6 Å². The summed E-state index contributed by atoms with van der Waals surface area (Å²) < 4.78 is 2.14. The van der Waals surface area contributed by atoms with Crippen LogP contribution in [0.5, 0.6) is 0 Å². The maximum atomic E-state index is 12.2. The van der Waals surface area contributed by atoms with Crippen molar-refractivity contribution in [2.45, 2.75) is 51.2 Å². The molecule has 0 unspecified atom stereocenters. The van der Waals surface area contributed by atoms with Crippen LogP contribution >= 0.6 is 0 Å². The molecule has 3 rings (SSSR count). The fourth-order valence-corrected chi connectivity index (χ4v) is 3.17. The summed E-state index contributed by atoms with van der Waals surface area (Å²) >= 11 is 0. The van der Waals surface area contributed by atoms with Crippen LogP contribution in [0.2, 0.25) is 0 Å². The maximum absolute atomic E-state index is 12.2. The van der Waals surface area contributed by atoms with E-state index in [4.69, 9.17) is 0 Å². The minimum absolute atomic E-state index is 0.0414. The van der Waals surface area contributed by atoms with Gasteiger partial charge in [0.25, 0.3) is 0 Å². The lowest BCUT2D eigenvalue weighted by molar-refractivity contribution is -0.123. The van der Waals surface area contributed by atoms with E-state index in [1.807, 2.05) is 18.5 Å². The van der Waals surface area contributed by atoms with Crippen LogP contribution in [-0.4, -0.2) is 28.0 Å². The Morgan fingerprint density at radius 3 is 2.96 bits per heavy atom. The second kappa shape index (κ2) is 8.64. The lowest BCUT2D eigenvalue weighted by atomic mass is 10.0. The zero-order valence-corrected chi connectivity index (χ0v) is 14.1. The van der Waals surface area contributed by atoms with E-state index in [1.165, 1.54) is 5.56 Å². The number of imidazole rings is 1. The van der Waals surface area contributed by atoms with E-state index in [2.05, 4.69) is 44.5 Å². The first-order chi connectivity index (χ1) is 11.8. The van der Waals surface area contributed by atoms with E-state index in [9.17, 15) is 4.79 Å². The van der Waals surface area contributed by atoms with Crippen LogP contribution < -0.4 is 10.6 Å². The van der Waals surface area contributed by atoms with Gasteiger partial charge in [0, 0.05) is 18.9 Å². The van der Waals surface area contributed by atoms with Gasteiger partial charge < -0.3 is 15.2 Å². The van der Waals surface area contributed by atoms with Gasteiger partial charge in [-0.1, -0.05) is 36.8 Å². The van der Waals surface area contributed by atoms with Gasteiger partial charge in [0.15, 0.2) is 0 Å². The van der Waals surface area contributed by atoms with E-state index < -0.39 is 0 Å². The van der Waals surface area contributed by atoms with Crippen molar-refractivity contribution in [2.75, 3.05) is 6.54 Å². The Kier molecular flexibility index (Phi) is 6.01. The molecule has 1 aliphatic rings. The highest BCUT2D eigenvalue weighted by Gasteiger charge is 2.20. The predicted octanol–water partition coefficient (Wildman–Crippen LogP) is 2.27. The Labute approximate surface area is 143 Å². The highest BCUT2D eigenvalue weighted by molar-refractivity contribution is 5.81. The quantitative estimate of drug-likeness (QED) is 0.821. The van der Waals surface area contributed by atoms with E-state index in [0.29, 0.717) is 6.54 Å². The second-order valence-corrected chi connectivity index (χ2v) is 6.35. The SMILES string of the molecule is O=C(NCc1nccn1CCCc1ccccc1)[C@H]1CCCCN1. The van der Waals surface area contributed by atoms with Crippen molar-refractivity contribution in [3.8, 4) is 0 Å². The van der Waals surface area contributed by atoms with Crippen LogP contribution in [0.3, 0.4) is 0 Å². The summed E-state index contributed by atoms with van der Waals surface area (Å²) in [5.41, 5.74) is 1.36. The van der Waals surface area contributed by atoms with Gasteiger partial charge in [-0.15, -0.1) is 0 Å². The van der Waals surface area contributed by atoms with Gasteiger partial charge in [-0.25, -0.2) is 4.98 Å². The van der Waals surface area contributed by atoms with Gasteiger partial charge in [-0.2, -0.15) is 0 Å². The fraction of sp³-hybridized carbons (Fsp3) is 0.474. The molecule has 1 amide bonds. The molecule has 1 atom stereocenters. The highest BCUT2D eigenvalue weighted by atomic mass is 16.2. The van der Waals surface area contributed by atoms with Crippen molar-refractivity contribution in [1.29, 1.82) is 0 Å². The number of nitrogens with zero attached hydrogens (tertiary/aromatic N) is 2. The molecule has 0 radical (unpaired) electrons. The second-order valence-electron chi connectivity index (χ2n) is 6.35. The lowest BCUT2D eigenvalue weighted by Gasteiger charge is -2.22. The summed E-state index contributed by atoms with van der Waals surface area (Å²) in [5.74, 6) is 1.01. The number of hydrogen-bond donors (Lipinski definition) is 2. The Hall–Kier alpha value is -2.14. The molecule has 2 N–H and O–H groups in total. The molecule has 0 saturated carbocycles. The number of carbonyl (C=O) groups excluding carboxylic acids is 1. The molecule has 5 nitrogen and oxygen atoms in total. The summed E-state index contributed by atoms with van der Waals surface area (Å²) in [6.07, 6.45) is 9.13. The van der Waals surface area contributed by atoms with Crippen molar-refractivity contribution >= 4 is 5.91 Å². The summed E-state index contributed by atoms with van der Waals surface area (Å²) in [4.78, 5) is 16.6. The first-order valence-corrected chi connectivity index (χ1v) is 8.88. The van der Waals surface area contributed by atoms with Crippen molar-refractivity contribution in [3.05, 3.63) is 54.1 Å². The van der Waals surface area contributed by atoms with Gasteiger partial charge >= 0.3 is 0 Å². The zero-order valence-electron chi connectivity index (χ0n) is 14.1. The fourth-order valence-electron chi connectivity index (χ4n) is 3.17. The Morgan fingerprint density at radius 1 is 1.29 bits per heavy atom. The number of carbonyl (C=O) groups is 1. The Morgan fingerprint density at radius 2 is 2.17 bits per heavy atom. The van der Waals surface area contributed by atoms with Crippen molar-refractivity contribution in [3.63, 3.8) is 0 Å². The molecule has 1 aliphatic heterocycles. The molecular formula is C19H26N4O. The largest absolute Gasteiger partial charge is 0.348 e. The maximum Gasteiger partial charge on any atom is 0.237 e. The number of piperidine rings is 1. The van der Waals surface area contributed by atoms with Crippen molar-refractivity contribution in [1.82, 2.24) is 20.2 Å². The van der Waals surface area contributed by atoms with Gasteiger partial charge in [-0.05, 0) is 37.8 Å². The third kappa shape index (κ3) is 4.68. The number of benzene rings is 1. The summed E-state index contributed by atoms with van der Waals surface area (Å²) in [7, 11) is 0. The van der Waals surface area contributed by atoms with Crippen LogP contribution in [0, 0.1) is 0 Å². The molecule has 0 aliphatic carbocycles. The van der Waals surface area contributed by atoms with Gasteiger partial charge in [0.2, 0.25) is 5.91 Å². The van der Waals surface area contributed by atoms with Gasteiger partial charge in [0.1, 0.15) is 5.82 Å². The van der Waals surface area contributed by atoms with E-state index in [1.54, 1.807) is 0 Å². The highest BCUT2D eigenvalue weighted by Crippen LogP contribution is 2.08. The molecular weight excluding hydrogens is 300 g/mol. The lowest BCUT2D eigenvalue weighted by Crippen LogP contribution is -2.46. The van der Waals surface area contributed by atoms with E-state index in [0.717, 1.165) is 51.0 Å². The Balaban J connectivity index is 1.45. The van der Waals surface area contributed by atoms with Crippen LogP contribution in [0.4, 0.5) is 0 Å². The summed E-state index contributed by atoms with van der Waals surface area (Å²) in [5, 5.41) is 6.30. The van der Waals surface area contributed by atoms with Gasteiger partial charge in [-0.3, -0.25) is 4.79 Å². The number of nitrogens with one attached hydrogen (secondary N) is 2. The molecule has 1 saturated heterocycles. The molecule has 128 valence electrons. The first kappa shape index (κ1) is 16.7. The minimum Gasteiger partial charge on any atom is -0.348 e. The normalized spacial score (nSPS) is 17.6. The topological polar surface area (TPSA) is 59.0 Å². The minimum atomic E-state index is -0.0414. The third-order valence-corrected chi connectivity index (χ3v) is 4.56. The van der Waals surface area contributed by atoms with Crippen molar-refractivity contribution in [2.24, 2.45) is 0 Å². The number of amides is 1. The van der Waals surface area contributed by atoms with Crippen molar-refractivity contribution < 1.29 is 4.79 Å². The number of rotatable bonds is 7. The van der Waals surface area contributed by atoms with Crippen LogP contribution in [0.15, 0.2) is 42.7 Å². The molecule has 1 fully saturated rings. The number of hydrogen-bond acceptors (Lipinski definition) is 3. The van der Waals surface area contributed by atoms with Crippen LogP contribution in [0.25, 0.3) is 0 Å². The average Bonchev–Trinajstić information content (AvgIpc) is 3.09. The predicted molar refractivity (Wildman–Crippen MR) is 94.5 cm³/mol. The monoisotopic (exact) mass is 326 g/mol. The standard InChI is InChI=1S/C19H26N4O/c24-19(17-10-4-5-11-20-17)22-15-18-21-12-14-23(18)13-6-9-16-7-2-1-3-8-16/h1-3,7-8,12,14,17,20H,4-6,9-11,13,15H2,(H,22,24)/t17-/m1/s1. The molecule has 5 heteroatoms. The molecule has 24 heavy (non-hydrogen) atoms. The molecule has 1 aromatic heterocycles. The van der Waals surface area contributed by atoms with Crippen LogP contribution in [-0.2, 0) is 24.3 Å². The molecule has 0 bridgehead atoms. The third-order valence-electron chi connectivity index (χ3n) is 4.56. The molecule has 1 aromatic carbocycles. The molecule has 2 aromatic rings. The summed E-state index contributed by atoms with van der Waals surface area (Å²) in [6.45, 7) is 2.35. The summed E-state index contributed by atoms with van der Waals surface area (Å²) in [6, 6.07) is 10.5. The van der Waals surface area contributed by atoms with Crippen LogP contribution in [0.1, 0.15) is 37.1 Å². The molecule has 0 spiro atoms. The number of aromatic nitrogens is 2. The first-order valence-electron chi connectivity index (χ1n) is 8.88. The smallest absolute Gasteiger partial charge is 0.237 e. The van der Waals surface area contributed by atoms with E-state index >= 15 is 0 Å². The van der Waals surface area contributed by atoms with E-state index in [-0.39, 0.29) is 11.9 Å². The average molecular weight is 326 g/mol. The Bertz CT molecular complexity index is 632. The number of aryl methyl sites for hydroxylation is 2. The molecule has 2 heterocycles. The zero-order chi connectivity index (χ0) is 16.6.